The molecule has 9 N–H and O–H groups in total. The zero-order valence-electron chi connectivity index (χ0n) is 25.6. The van der Waals surface area contributed by atoms with Crippen molar-refractivity contribution in [2.24, 2.45) is 5.92 Å². The first-order valence-corrected chi connectivity index (χ1v) is 14.4. The number of H-pyrrole nitrogens is 2. The van der Waals surface area contributed by atoms with E-state index in [2.05, 4.69) is 47.1 Å². The average molecular weight is 689 g/mol. The number of nitrogen functional groups attached to an aromatic ring is 1. The number of aromatic nitrogens is 8. The number of carbonyl (C=O) groups is 1. The summed E-state index contributed by atoms with van der Waals surface area (Å²) in [6, 6.07) is 0. The normalized spacial score (nSPS) is 29.4. The molecule has 19 nitrogen and oxygen atoms in total. The zero-order valence-corrected chi connectivity index (χ0v) is 25.6. The van der Waals surface area contributed by atoms with Crippen molar-refractivity contribution in [3.05, 3.63) is 33.4 Å². The Kier molecular flexibility index (Phi) is 9.27. The minimum atomic E-state index is -2.16. The van der Waals surface area contributed by atoms with Crippen LogP contribution in [-0.4, -0.2) is 115 Å². The Labute approximate surface area is 273 Å². The van der Waals surface area contributed by atoms with Gasteiger partial charge in [-0.3, -0.25) is 38.8 Å². The Morgan fingerprint density at radius 3 is 1.82 bits per heavy atom. The Hall–Kier alpha value is -5.29. The first-order chi connectivity index (χ1) is 23.2. The molecule has 0 spiro atoms. The van der Waals surface area contributed by atoms with Gasteiger partial charge in [0.1, 0.15) is 37.1 Å². The van der Waals surface area contributed by atoms with E-state index in [4.69, 9.17) is 33.2 Å². The maximum absolute atomic E-state index is 14.8. The van der Waals surface area contributed by atoms with Crippen LogP contribution < -0.4 is 22.2 Å². The number of nitrogens with one attached hydrogen (secondary N) is 3. The number of anilines is 2. The van der Waals surface area contributed by atoms with Crippen molar-refractivity contribution in [3.8, 4) is 24.7 Å². The second-order valence-electron chi connectivity index (χ2n) is 11.2. The molecule has 6 heterocycles. The lowest BCUT2D eigenvalue weighted by molar-refractivity contribution is -0.118. The third-order valence-corrected chi connectivity index (χ3v) is 7.86. The summed E-state index contributed by atoms with van der Waals surface area (Å²) in [4.78, 5) is 56.1. The fraction of sp³-hybridized carbons (Fsp3) is 0.464. The van der Waals surface area contributed by atoms with Gasteiger partial charge in [0.25, 0.3) is 11.1 Å². The molecule has 2 saturated heterocycles. The molecule has 49 heavy (non-hydrogen) atoms. The van der Waals surface area contributed by atoms with E-state index in [1.165, 1.54) is 0 Å². The second kappa shape index (κ2) is 13.0. The number of rotatable bonds is 6. The van der Waals surface area contributed by atoms with E-state index < -0.39 is 78.4 Å². The van der Waals surface area contributed by atoms with Crippen molar-refractivity contribution in [2.75, 3.05) is 24.3 Å². The number of carbonyl (C=O) groups excluding carboxylic acids is 1. The molecule has 0 bridgehead atoms. The van der Waals surface area contributed by atoms with Crippen LogP contribution in [0.5, 0.6) is 0 Å². The number of halogens is 2. The van der Waals surface area contributed by atoms with Gasteiger partial charge in [-0.15, -0.1) is 12.8 Å². The molecule has 6 rings (SSSR count). The van der Waals surface area contributed by atoms with Crippen LogP contribution in [0, 0.1) is 30.6 Å². The van der Waals surface area contributed by atoms with Crippen molar-refractivity contribution in [1.82, 2.24) is 39.0 Å². The Bertz CT molecular complexity index is 2100. The lowest BCUT2D eigenvalue weighted by Crippen LogP contribution is -2.41. The smallest absolute Gasteiger partial charge is 0.280 e. The van der Waals surface area contributed by atoms with Gasteiger partial charge in [-0.1, -0.05) is 13.8 Å². The van der Waals surface area contributed by atoms with Gasteiger partial charge in [-0.25, -0.2) is 18.7 Å². The topological polar surface area (TPSA) is 282 Å². The summed E-state index contributed by atoms with van der Waals surface area (Å²) in [6.45, 7) is 2.01. The second-order valence-corrected chi connectivity index (χ2v) is 11.2. The number of nitrogens with zero attached hydrogens (tertiary/aromatic N) is 6. The maximum atomic E-state index is 14.8. The Morgan fingerprint density at radius 2 is 1.41 bits per heavy atom. The van der Waals surface area contributed by atoms with Crippen LogP contribution in [0.25, 0.3) is 22.3 Å². The summed E-state index contributed by atoms with van der Waals surface area (Å²) in [5.74, 6) is 3.09. The summed E-state index contributed by atoms with van der Waals surface area (Å²) in [5, 5.41) is 40.6. The van der Waals surface area contributed by atoms with Gasteiger partial charge in [-0.05, 0) is 11.8 Å². The third-order valence-electron chi connectivity index (χ3n) is 7.86. The fourth-order valence-corrected chi connectivity index (χ4v) is 5.25. The molecule has 260 valence electrons. The molecule has 0 saturated carbocycles. The number of terminal acetylenes is 2. The summed E-state index contributed by atoms with van der Waals surface area (Å²) >= 11 is 0. The number of aliphatic hydroxyl groups excluding tert-OH is 4. The highest BCUT2D eigenvalue weighted by Crippen LogP contribution is 2.40. The summed E-state index contributed by atoms with van der Waals surface area (Å²) in [7, 11) is 0. The highest BCUT2D eigenvalue weighted by Gasteiger charge is 2.58. The van der Waals surface area contributed by atoms with Crippen molar-refractivity contribution >= 4 is 40.1 Å². The van der Waals surface area contributed by atoms with Crippen molar-refractivity contribution in [2.45, 2.75) is 62.1 Å². The van der Waals surface area contributed by atoms with Gasteiger partial charge in [-0.2, -0.15) is 9.97 Å². The predicted molar refractivity (Wildman–Crippen MR) is 164 cm³/mol. The minimum Gasteiger partial charge on any atom is -0.394 e. The van der Waals surface area contributed by atoms with E-state index >= 15 is 0 Å². The number of aromatic amines is 2. The first kappa shape index (κ1) is 35.0. The molecule has 8 atom stereocenters. The maximum Gasteiger partial charge on any atom is 0.280 e. The number of ether oxygens (including phenoxy) is 2. The van der Waals surface area contributed by atoms with Crippen LogP contribution in [0.4, 0.5) is 20.7 Å². The highest BCUT2D eigenvalue weighted by molar-refractivity contribution is 5.91. The zero-order chi connectivity index (χ0) is 36.0. The van der Waals surface area contributed by atoms with E-state index in [1.54, 1.807) is 13.8 Å². The average Bonchev–Trinajstić information content (AvgIpc) is 3.82. The Morgan fingerprint density at radius 1 is 0.959 bits per heavy atom. The molecule has 2 aliphatic heterocycles. The lowest BCUT2D eigenvalue weighted by Gasteiger charge is -2.26. The lowest BCUT2D eigenvalue weighted by atomic mass is 10.0. The van der Waals surface area contributed by atoms with Gasteiger partial charge in [0.15, 0.2) is 34.7 Å². The largest absolute Gasteiger partial charge is 0.394 e. The van der Waals surface area contributed by atoms with E-state index in [1.807, 2.05) is 0 Å². The number of imidazole rings is 2. The monoisotopic (exact) mass is 688 g/mol. The van der Waals surface area contributed by atoms with Gasteiger partial charge >= 0.3 is 0 Å². The van der Waals surface area contributed by atoms with Crippen molar-refractivity contribution in [3.63, 3.8) is 0 Å². The standard InChI is InChI=1S/C16H18FN5O5.C12H12FN5O4/c1-4-16(11(17)10(24)8(5-23)27-16)22-6-18-9-12(22)19-15(21-14(9)26)20-13(25)7(2)3;1-2-12(8(13)7(20)5(3-19)22-12)18-4-15-6-9(18)16-11(14)17-10(6)21/h1,6-8,10-11,23-24H,5H2,2-3H3,(H2,19,20,21,25,26);1,4-5,7-8,19-20H,3H2,(H3,14,16,17,21)/t8-,10-,11-,16-;5-,7-,8-,12-/m11/s1. The van der Waals surface area contributed by atoms with Crippen LogP contribution in [0.3, 0.4) is 0 Å². The molecule has 4 aromatic heterocycles. The first-order valence-electron chi connectivity index (χ1n) is 14.4. The molecule has 2 aliphatic rings. The number of hydrogen-bond acceptors (Lipinski definition) is 14. The molecule has 21 heteroatoms. The van der Waals surface area contributed by atoms with Crippen LogP contribution in [-0.2, 0) is 25.7 Å². The molecule has 0 aromatic carbocycles. The molecular weight excluding hydrogens is 658 g/mol. The van der Waals surface area contributed by atoms with E-state index in [-0.39, 0.29) is 40.1 Å². The quantitative estimate of drug-likeness (QED) is 0.0949. The molecule has 2 fully saturated rings. The van der Waals surface area contributed by atoms with E-state index in [9.17, 15) is 38.5 Å². The number of nitrogens with two attached hydrogens (primary N) is 1. The van der Waals surface area contributed by atoms with Crippen molar-refractivity contribution in [1.29, 1.82) is 0 Å². The van der Waals surface area contributed by atoms with Crippen LogP contribution >= 0.6 is 0 Å². The fourth-order valence-electron chi connectivity index (χ4n) is 5.25. The van der Waals surface area contributed by atoms with Crippen LogP contribution in [0.2, 0.25) is 0 Å². The molecule has 1 amide bonds. The summed E-state index contributed by atoms with van der Waals surface area (Å²) < 4.78 is 42.1. The van der Waals surface area contributed by atoms with Crippen LogP contribution in [0.1, 0.15) is 13.8 Å². The number of aliphatic hydroxyl groups is 4. The summed E-state index contributed by atoms with van der Waals surface area (Å²) in [6.07, 6.45) is 3.01. The molecule has 0 unspecified atom stereocenters. The SMILES string of the molecule is C#C[C@@]1(n2cnc3c(=O)[nH]c(N)nc32)O[C@H](CO)[C@@H](O)[C@H]1F.C#C[C@@]1(n2cnc3c(=O)[nH]c(NC(=O)C(C)C)nc32)O[C@H](CO)[C@@H](O)[C@H]1F. The minimum absolute atomic E-state index is 0.0901. The van der Waals surface area contributed by atoms with E-state index in [0.29, 0.717) is 0 Å². The van der Waals surface area contributed by atoms with Crippen molar-refractivity contribution < 1.29 is 43.5 Å². The number of hydrogen-bond donors (Lipinski definition) is 8. The van der Waals surface area contributed by atoms with Gasteiger partial charge in [0.05, 0.1) is 13.2 Å². The molecule has 4 aromatic rings. The third kappa shape index (κ3) is 5.57. The number of amides is 1. The highest BCUT2D eigenvalue weighted by atomic mass is 19.1. The molecule has 0 aliphatic carbocycles. The van der Waals surface area contributed by atoms with Crippen LogP contribution in [0.15, 0.2) is 22.2 Å². The van der Waals surface area contributed by atoms with Gasteiger partial charge in [0, 0.05) is 5.92 Å². The predicted octanol–water partition coefficient (Wildman–Crippen LogP) is -2.83. The van der Waals surface area contributed by atoms with E-state index in [0.717, 1.165) is 21.8 Å². The molecular formula is C28H30F2N10O9. The number of alkyl halides is 2. The number of fused-ring (bicyclic) bond motifs is 2. The van der Waals surface area contributed by atoms with Gasteiger partial charge in [0.2, 0.25) is 29.3 Å². The van der Waals surface area contributed by atoms with Gasteiger partial charge < -0.3 is 35.6 Å². The molecule has 0 radical (unpaired) electrons. The summed E-state index contributed by atoms with van der Waals surface area (Å²) in [5.41, 5.74) is -0.603. The Balaban J connectivity index is 0.000000195.